The average Bonchev–Trinajstić information content (AvgIpc) is 1.80. The van der Waals surface area contributed by atoms with Crippen molar-refractivity contribution in [2.24, 2.45) is 0 Å². The number of carboxylic acid groups (broad SMARTS) is 1. The molecule has 0 aliphatic carbocycles. The maximum absolute atomic E-state index is 9.76. The number of carbonyl (C=O) groups is 1. The normalized spacial score (nSPS) is 9.44. The fraction of sp³-hybridized carbons (Fsp3) is 0.600. The molecule has 0 saturated carbocycles. The molecule has 0 aromatic rings. The van der Waals surface area contributed by atoms with E-state index in [1.54, 1.807) is 0 Å². The molecule has 0 heterocycles. The summed E-state index contributed by atoms with van der Waals surface area (Å²) in [6.07, 6.45) is 0.368. The highest BCUT2D eigenvalue weighted by atomic mass is 16.5. The van der Waals surface area contributed by atoms with Gasteiger partial charge >= 0.3 is 5.97 Å². The van der Waals surface area contributed by atoms with Crippen LogP contribution >= 0.6 is 0 Å². The van der Waals surface area contributed by atoms with E-state index in [1.807, 2.05) is 0 Å². The second-order valence-corrected chi connectivity index (χ2v) is 1.42. The Bertz CT molecular complexity index is 81.0. The molecule has 0 aromatic carbocycles. The lowest BCUT2D eigenvalue weighted by Gasteiger charge is -1.95. The van der Waals surface area contributed by atoms with Crippen LogP contribution in [0, 0.1) is 6.61 Å². The number of hydrogen-bond donors (Lipinski definition) is 2. The van der Waals surface area contributed by atoms with Gasteiger partial charge in [-0.25, -0.2) is 4.79 Å². The molecular weight excluding hydrogens is 124 g/mol. The highest BCUT2D eigenvalue weighted by molar-refractivity contribution is 5.67. The molecule has 0 aliphatic rings. The van der Waals surface area contributed by atoms with Crippen molar-refractivity contribution < 1.29 is 19.7 Å². The molecule has 0 spiro atoms. The van der Waals surface area contributed by atoms with E-state index in [-0.39, 0.29) is 13.2 Å². The summed E-state index contributed by atoms with van der Waals surface area (Å²) in [5, 5.41) is 16.1. The lowest BCUT2D eigenvalue weighted by Crippen LogP contribution is -2.07. The van der Waals surface area contributed by atoms with Crippen LogP contribution in [0.5, 0.6) is 0 Å². The third kappa shape index (κ3) is 7.39. The van der Waals surface area contributed by atoms with Crippen LogP contribution in [0.25, 0.3) is 0 Å². The Kier molecular flexibility index (Phi) is 5.15. The zero-order valence-corrected chi connectivity index (χ0v) is 4.91. The maximum atomic E-state index is 9.76. The molecule has 53 valence electrons. The van der Waals surface area contributed by atoms with Crippen LogP contribution in [-0.4, -0.2) is 29.4 Å². The maximum Gasteiger partial charge on any atom is 0.329 e. The first kappa shape index (κ1) is 8.39. The van der Waals surface area contributed by atoms with Gasteiger partial charge in [0.05, 0.1) is 6.61 Å². The van der Waals surface area contributed by atoms with E-state index >= 15 is 0 Å². The minimum absolute atomic E-state index is 0.253. The second kappa shape index (κ2) is 5.53. The quantitative estimate of drug-likeness (QED) is 0.518. The summed E-state index contributed by atoms with van der Waals surface area (Å²) in [6, 6.07) is 0. The van der Waals surface area contributed by atoms with Gasteiger partial charge in [-0.05, 0) is 6.42 Å². The first-order chi connectivity index (χ1) is 4.27. The van der Waals surface area contributed by atoms with E-state index in [4.69, 9.17) is 10.2 Å². The van der Waals surface area contributed by atoms with Crippen LogP contribution in [0.2, 0.25) is 0 Å². The summed E-state index contributed by atoms with van der Waals surface area (Å²) in [7, 11) is 0. The van der Waals surface area contributed by atoms with Gasteiger partial charge in [-0.1, -0.05) is 0 Å². The van der Waals surface area contributed by atoms with Gasteiger partial charge in [0.15, 0.2) is 0 Å². The highest BCUT2D eigenvalue weighted by Gasteiger charge is 1.93. The summed E-state index contributed by atoms with van der Waals surface area (Å²) in [6.45, 7) is 0.887. The minimum atomic E-state index is -0.993. The Morgan fingerprint density at radius 2 is 2.33 bits per heavy atom. The Balaban J connectivity index is 2.83. The van der Waals surface area contributed by atoms with Crippen molar-refractivity contribution in [3.8, 4) is 0 Å². The van der Waals surface area contributed by atoms with Gasteiger partial charge in [-0.15, -0.1) is 0 Å². The van der Waals surface area contributed by atoms with E-state index in [0.717, 1.165) is 6.61 Å². The summed E-state index contributed by atoms with van der Waals surface area (Å²) >= 11 is 0. The number of aliphatic hydroxyl groups is 1. The fourth-order valence-electron chi connectivity index (χ4n) is 0.296. The number of carboxylic acids is 1. The summed E-state index contributed by atoms with van der Waals surface area (Å²) in [5.41, 5.74) is 0. The van der Waals surface area contributed by atoms with Crippen molar-refractivity contribution in [2.75, 3.05) is 13.2 Å². The number of ether oxygens (including phenoxy) is 1. The van der Waals surface area contributed by atoms with Gasteiger partial charge in [0.25, 0.3) is 0 Å². The van der Waals surface area contributed by atoms with Crippen molar-refractivity contribution in [1.29, 1.82) is 0 Å². The molecule has 0 fully saturated rings. The zero-order valence-electron chi connectivity index (χ0n) is 4.91. The van der Waals surface area contributed by atoms with Crippen molar-refractivity contribution in [2.45, 2.75) is 6.42 Å². The van der Waals surface area contributed by atoms with E-state index < -0.39 is 5.97 Å². The molecule has 0 atom stereocenters. The number of aliphatic hydroxyl groups excluding tert-OH is 1. The van der Waals surface area contributed by atoms with Crippen molar-refractivity contribution >= 4 is 5.97 Å². The Labute approximate surface area is 53.1 Å². The molecule has 0 aliphatic heterocycles. The van der Waals surface area contributed by atoms with E-state index in [9.17, 15) is 4.79 Å². The zero-order chi connectivity index (χ0) is 7.11. The lowest BCUT2D eigenvalue weighted by molar-refractivity contribution is -0.142. The monoisotopic (exact) mass is 133 g/mol. The molecule has 0 saturated heterocycles. The first-order valence-corrected chi connectivity index (χ1v) is 2.53. The van der Waals surface area contributed by atoms with Crippen LogP contribution in [0.4, 0.5) is 0 Å². The third-order valence-electron chi connectivity index (χ3n) is 0.617. The Morgan fingerprint density at radius 1 is 1.67 bits per heavy atom. The van der Waals surface area contributed by atoms with Crippen molar-refractivity contribution in [3.63, 3.8) is 0 Å². The highest BCUT2D eigenvalue weighted by Crippen LogP contribution is 1.82. The third-order valence-corrected chi connectivity index (χ3v) is 0.617. The molecule has 2 N–H and O–H groups in total. The standard InChI is InChI=1S/C5H9O4/c6-2-1-3-9-4-5(7)8/h2,6H,1,3-4H2,(H,7,8). The van der Waals surface area contributed by atoms with Gasteiger partial charge in [0.2, 0.25) is 0 Å². The summed E-state index contributed by atoms with van der Waals surface area (Å²) in [5.74, 6) is -0.993. The van der Waals surface area contributed by atoms with Gasteiger partial charge in [-0.3, -0.25) is 0 Å². The van der Waals surface area contributed by atoms with Gasteiger partial charge < -0.3 is 14.9 Å². The molecule has 9 heavy (non-hydrogen) atoms. The molecule has 0 bridgehead atoms. The predicted octanol–water partition coefficient (Wildman–Crippen LogP) is 0.0120. The van der Waals surface area contributed by atoms with Crippen molar-refractivity contribution in [1.82, 2.24) is 0 Å². The summed E-state index contributed by atoms with van der Waals surface area (Å²) < 4.78 is 4.54. The number of hydrogen-bond acceptors (Lipinski definition) is 3. The summed E-state index contributed by atoms with van der Waals surface area (Å²) in [4.78, 5) is 9.76. The smallest absolute Gasteiger partial charge is 0.329 e. The molecule has 0 amide bonds. The van der Waals surface area contributed by atoms with E-state index in [1.165, 1.54) is 0 Å². The van der Waals surface area contributed by atoms with Gasteiger partial charge in [0, 0.05) is 6.61 Å². The van der Waals surface area contributed by atoms with E-state index in [0.29, 0.717) is 6.42 Å². The average molecular weight is 133 g/mol. The lowest BCUT2D eigenvalue weighted by atomic mass is 10.5. The predicted molar refractivity (Wildman–Crippen MR) is 29.3 cm³/mol. The molecule has 4 heteroatoms. The fourth-order valence-corrected chi connectivity index (χ4v) is 0.296. The van der Waals surface area contributed by atoms with Gasteiger partial charge in [-0.2, -0.15) is 0 Å². The minimum Gasteiger partial charge on any atom is -0.480 e. The van der Waals surface area contributed by atoms with Crippen LogP contribution < -0.4 is 0 Å². The molecular formula is C5H9O4. The molecule has 0 rings (SSSR count). The van der Waals surface area contributed by atoms with Crippen LogP contribution in [0.15, 0.2) is 0 Å². The van der Waals surface area contributed by atoms with Crippen LogP contribution in [0.1, 0.15) is 6.42 Å². The second-order valence-electron chi connectivity index (χ2n) is 1.42. The molecule has 4 nitrogen and oxygen atoms in total. The largest absolute Gasteiger partial charge is 0.480 e. The number of rotatable bonds is 5. The molecule has 0 aromatic heterocycles. The first-order valence-electron chi connectivity index (χ1n) is 2.53. The van der Waals surface area contributed by atoms with E-state index in [2.05, 4.69) is 4.74 Å². The number of aliphatic carboxylic acids is 1. The topological polar surface area (TPSA) is 66.8 Å². The molecule has 1 radical (unpaired) electrons. The Morgan fingerprint density at radius 3 is 2.78 bits per heavy atom. The van der Waals surface area contributed by atoms with Crippen LogP contribution in [0.3, 0.4) is 0 Å². The SMILES string of the molecule is O=C(O)COCC[CH]O. The van der Waals surface area contributed by atoms with Crippen LogP contribution in [-0.2, 0) is 9.53 Å². The molecule has 0 unspecified atom stereocenters. The Hall–Kier alpha value is -0.610. The van der Waals surface area contributed by atoms with Gasteiger partial charge in [0.1, 0.15) is 6.61 Å². The van der Waals surface area contributed by atoms with Crippen molar-refractivity contribution in [3.05, 3.63) is 6.61 Å².